The summed E-state index contributed by atoms with van der Waals surface area (Å²) in [6.45, 7) is 2.22. The van der Waals surface area contributed by atoms with Crippen LogP contribution in [0.2, 0.25) is 0 Å². The van der Waals surface area contributed by atoms with Crippen LogP contribution < -0.4 is 0 Å². The highest BCUT2D eigenvalue weighted by molar-refractivity contribution is 6.01. The predicted octanol–water partition coefficient (Wildman–Crippen LogP) is 2.26. The molecule has 0 spiro atoms. The summed E-state index contributed by atoms with van der Waals surface area (Å²) in [6.07, 6.45) is -0.0538. The van der Waals surface area contributed by atoms with Crippen molar-refractivity contribution in [3.8, 4) is 0 Å². The monoisotopic (exact) mass is 354 g/mol. The van der Waals surface area contributed by atoms with Gasteiger partial charge in [-0.05, 0) is 19.1 Å². The van der Waals surface area contributed by atoms with Gasteiger partial charge in [-0.1, -0.05) is 5.16 Å². The Hall–Kier alpha value is -2.51. The Morgan fingerprint density at radius 2 is 2.12 bits per heavy atom. The van der Waals surface area contributed by atoms with Gasteiger partial charge in [0.05, 0.1) is 25.3 Å². The molecule has 0 saturated carbocycles. The smallest absolute Gasteiger partial charge is 0.306 e. The van der Waals surface area contributed by atoms with Crippen LogP contribution in [0.15, 0.2) is 23.4 Å². The van der Waals surface area contributed by atoms with Crippen LogP contribution in [-0.4, -0.2) is 48.8 Å². The van der Waals surface area contributed by atoms with Gasteiger partial charge >= 0.3 is 5.97 Å². The zero-order valence-corrected chi connectivity index (χ0v) is 14.1. The van der Waals surface area contributed by atoms with E-state index in [2.05, 4.69) is 5.16 Å². The molecule has 1 amide bonds. The molecule has 0 fully saturated rings. The minimum atomic E-state index is -0.707. The van der Waals surface area contributed by atoms with Gasteiger partial charge in [0.25, 0.3) is 0 Å². The first-order valence-electron chi connectivity index (χ1n) is 7.98. The molecule has 0 aliphatic carbocycles. The molecule has 0 saturated heterocycles. The molecule has 0 radical (unpaired) electrons. The Bertz CT molecular complexity index is 679. The number of hydrogen-bond acceptors (Lipinski definition) is 5. The SMILES string of the molecule is CCOC(=O)CCC(=O)N(C)CC1CC(c2ccc(F)cc2F)=NO1. The first kappa shape index (κ1) is 18.8. The topological polar surface area (TPSA) is 68.2 Å². The summed E-state index contributed by atoms with van der Waals surface area (Å²) >= 11 is 0. The van der Waals surface area contributed by atoms with Crippen molar-refractivity contribution in [3.63, 3.8) is 0 Å². The summed E-state index contributed by atoms with van der Waals surface area (Å²) in [4.78, 5) is 29.9. The average molecular weight is 354 g/mol. The molecule has 6 nitrogen and oxygen atoms in total. The van der Waals surface area contributed by atoms with E-state index in [9.17, 15) is 18.4 Å². The maximum Gasteiger partial charge on any atom is 0.306 e. The first-order valence-corrected chi connectivity index (χ1v) is 7.98. The Morgan fingerprint density at radius 3 is 2.80 bits per heavy atom. The normalized spacial score (nSPS) is 16.2. The Balaban J connectivity index is 1.83. The van der Waals surface area contributed by atoms with Gasteiger partial charge in [-0.25, -0.2) is 8.78 Å². The van der Waals surface area contributed by atoms with Crippen LogP contribution in [0.25, 0.3) is 0 Å². The quantitative estimate of drug-likeness (QED) is 0.705. The fourth-order valence-electron chi connectivity index (χ4n) is 2.45. The third-order valence-electron chi connectivity index (χ3n) is 3.73. The van der Waals surface area contributed by atoms with Crippen LogP contribution in [0, 0.1) is 11.6 Å². The van der Waals surface area contributed by atoms with E-state index >= 15 is 0 Å². The van der Waals surface area contributed by atoms with Gasteiger partial charge in [-0.3, -0.25) is 9.59 Å². The summed E-state index contributed by atoms with van der Waals surface area (Å²) < 4.78 is 31.5. The van der Waals surface area contributed by atoms with E-state index in [0.717, 1.165) is 12.1 Å². The second-order valence-electron chi connectivity index (χ2n) is 5.67. The van der Waals surface area contributed by atoms with Gasteiger partial charge < -0.3 is 14.5 Å². The number of ether oxygens (including phenoxy) is 1. The summed E-state index contributed by atoms with van der Waals surface area (Å²) in [5.74, 6) is -2.01. The lowest BCUT2D eigenvalue weighted by Gasteiger charge is -2.19. The van der Waals surface area contributed by atoms with Gasteiger partial charge in [-0.15, -0.1) is 0 Å². The second-order valence-corrected chi connectivity index (χ2v) is 5.67. The van der Waals surface area contributed by atoms with Crippen molar-refractivity contribution in [3.05, 3.63) is 35.4 Å². The van der Waals surface area contributed by atoms with Crippen molar-refractivity contribution >= 4 is 17.6 Å². The van der Waals surface area contributed by atoms with Crippen LogP contribution in [0.4, 0.5) is 8.78 Å². The molecule has 0 bridgehead atoms. The fourth-order valence-corrected chi connectivity index (χ4v) is 2.45. The second kappa shape index (κ2) is 8.55. The maximum atomic E-state index is 13.8. The van der Waals surface area contributed by atoms with Gasteiger partial charge in [0.2, 0.25) is 5.91 Å². The van der Waals surface area contributed by atoms with E-state index in [1.54, 1.807) is 14.0 Å². The zero-order chi connectivity index (χ0) is 18.4. The summed E-state index contributed by atoms with van der Waals surface area (Å²) in [6, 6.07) is 3.25. The van der Waals surface area contributed by atoms with Gasteiger partial charge in [0, 0.05) is 31.5 Å². The van der Waals surface area contributed by atoms with Crippen LogP contribution in [0.5, 0.6) is 0 Å². The molecule has 2 rings (SSSR count). The van der Waals surface area contributed by atoms with E-state index in [1.165, 1.54) is 11.0 Å². The number of hydrogen-bond donors (Lipinski definition) is 0. The molecule has 1 aromatic carbocycles. The lowest BCUT2D eigenvalue weighted by Crippen LogP contribution is -2.34. The number of carbonyl (C=O) groups excluding carboxylic acids is 2. The highest BCUT2D eigenvalue weighted by Gasteiger charge is 2.26. The van der Waals surface area contributed by atoms with Crippen LogP contribution in [-0.2, 0) is 19.2 Å². The Morgan fingerprint density at radius 1 is 1.36 bits per heavy atom. The molecule has 1 heterocycles. The van der Waals surface area contributed by atoms with Crippen molar-refractivity contribution in [2.45, 2.75) is 32.3 Å². The minimum Gasteiger partial charge on any atom is -0.466 e. The number of amides is 1. The van der Waals surface area contributed by atoms with Crippen molar-refractivity contribution in [2.24, 2.45) is 5.16 Å². The Kier molecular flexibility index (Phi) is 6.44. The third kappa shape index (κ3) is 5.23. The number of benzene rings is 1. The molecule has 0 N–H and O–H groups in total. The predicted molar refractivity (Wildman–Crippen MR) is 85.9 cm³/mol. The molecular formula is C17H20F2N2O4. The number of oxime groups is 1. The molecular weight excluding hydrogens is 334 g/mol. The zero-order valence-electron chi connectivity index (χ0n) is 14.1. The average Bonchev–Trinajstić information content (AvgIpc) is 3.01. The van der Waals surface area contributed by atoms with Crippen LogP contribution in [0.1, 0.15) is 31.7 Å². The fraction of sp³-hybridized carbons (Fsp3) is 0.471. The van der Waals surface area contributed by atoms with Gasteiger partial charge in [-0.2, -0.15) is 0 Å². The van der Waals surface area contributed by atoms with E-state index in [0.29, 0.717) is 12.1 Å². The van der Waals surface area contributed by atoms with Gasteiger partial charge in [0.1, 0.15) is 11.6 Å². The molecule has 136 valence electrons. The molecule has 8 heteroatoms. The van der Waals surface area contributed by atoms with Crippen molar-refractivity contribution in [1.29, 1.82) is 0 Å². The summed E-state index contributed by atoms with van der Waals surface area (Å²) in [5.41, 5.74) is 0.551. The lowest BCUT2D eigenvalue weighted by atomic mass is 10.0. The van der Waals surface area contributed by atoms with E-state index in [-0.39, 0.29) is 37.5 Å². The maximum absolute atomic E-state index is 13.8. The van der Waals surface area contributed by atoms with E-state index in [4.69, 9.17) is 9.57 Å². The van der Waals surface area contributed by atoms with Crippen molar-refractivity contribution in [2.75, 3.05) is 20.2 Å². The van der Waals surface area contributed by atoms with Gasteiger partial charge in [0.15, 0.2) is 6.10 Å². The van der Waals surface area contributed by atoms with Crippen molar-refractivity contribution in [1.82, 2.24) is 4.90 Å². The van der Waals surface area contributed by atoms with E-state index in [1.807, 2.05) is 0 Å². The molecule has 1 unspecified atom stereocenters. The van der Waals surface area contributed by atoms with E-state index < -0.39 is 23.7 Å². The molecule has 1 aliphatic heterocycles. The highest BCUT2D eigenvalue weighted by atomic mass is 19.1. The number of carbonyl (C=O) groups is 2. The number of esters is 1. The van der Waals surface area contributed by atoms with Crippen molar-refractivity contribution < 1.29 is 27.9 Å². The number of likely N-dealkylation sites (N-methyl/N-ethyl adjacent to an activating group) is 1. The first-order chi connectivity index (χ1) is 11.9. The molecule has 1 aliphatic rings. The summed E-state index contributed by atoms with van der Waals surface area (Å²) in [5, 5.41) is 3.83. The molecule has 1 aromatic rings. The number of halogens is 2. The molecule has 1 atom stereocenters. The molecule has 0 aromatic heterocycles. The number of rotatable bonds is 7. The largest absolute Gasteiger partial charge is 0.466 e. The third-order valence-corrected chi connectivity index (χ3v) is 3.73. The summed E-state index contributed by atoms with van der Waals surface area (Å²) in [7, 11) is 1.59. The molecule has 25 heavy (non-hydrogen) atoms. The van der Waals surface area contributed by atoms with Crippen LogP contribution in [0.3, 0.4) is 0 Å². The number of nitrogens with zero attached hydrogens (tertiary/aromatic N) is 2. The highest BCUT2D eigenvalue weighted by Crippen LogP contribution is 2.20. The minimum absolute atomic E-state index is 0.0189. The Labute approximate surface area is 144 Å². The van der Waals surface area contributed by atoms with Crippen LogP contribution >= 0.6 is 0 Å². The standard InChI is InChI=1S/C17H20F2N2O4/c1-3-24-17(23)7-6-16(22)21(2)10-12-9-15(20-25-12)13-5-4-11(18)8-14(13)19/h4-5,8,12H,3,6-7,9-10H2,1-2H3. The lowest BCUT2D eigenvalue weighted by molar-refractivity contribution is -0.145.